The molecule has 2 aliphatic heterocycles. The molecule has 3 N–H and O–H groups in total. The Morgan fingerprint density at radius 3 is 2.65 bits per heavy atom. The number of hydrogen-bond donors (Lipinski definition) is 2. The van der Waals surface area contributed by atoms with E-state index in [0.29, 0.717) is 17.2 Å². The highest BCUT2D eigenvalue weighted by Crippen LogP contribution is 2.42. The van der Waals surface area contributed by atoms with Gasteiger partial charge in [0.25, 0.3) is 0 Å². The molecule has 3 amide bonds. The van der Waals surface area contributed by atoms with Crippen LogP contribution in [-0.4, -0.2) is 33.7 Å². The van der Waals surface area contributed by atoms with Crippen molar-refractivity contribution in [1.29, 1.82) is 0 Å². The van der Waals surface area contributed by atoms with Gasteiger partial charge in [0.05, 0.1) is 6.54 Å². The van der Waals surface area contributed by atoms with Crippen molar-refractivity contribution >= 4 is 11.9 Å². The third-order valence-electron chi connectivity index (χ3n) is 3.34. The van der Waals surface area contributed by atoms with E-state index >= 15 is 0 Å². The molecule has 1 fully saturated rings. The molecule has 6 heteroatoms. The van der Waals surface area contributed by atoms with Crippen LogP contribution in [0.4, 0.5) is 4.79 Å². The van der Waals surface area contributed by atoms with Gasteiger partial charge in [0, 0.05) is 0 Å². The minimum atomic E-state index is -0.785. The van der Waals surface area contributed by atoms with Gasteiger partial charge in [-0.2, -0.15) is 5.06 Å². The minimum Gasteiger partial charge on any atom is -0.368 e. The summed E-state index contributed by atoms with van der Waals surface area (Å²) in [6.45, 7) is 0.292. The maximum absolute atomic E-state index is 11.8. The summed E-state index contributed by atoms with van der Waals surface area (Å²) in [5, 5.41) is 10.4. The molecule has 0 spiro atoms. The average molecular weight is 233 g/mol. The summed E-state index contributed by atoms with van der Waals surface area (Å²) in [5.41, 5.74) is 6.82. The zero-order valence-electron chi connectivity index (χ0n) is 8.91. The summed E-state index contributed by atoms with van der Waals surface area (Å²) in [6, 6.07) is 5.39. The van der Waals surface area contributed by atoms with Gasteiger partial charge in [-0.25, -0.2) is 4.79 Å². The van der Waals surface area contributed by atoms with Crippen LogP contribution in [0.2, 0.25) is 0 Å². The SMILES string of the molecule is NC(=O)C1c2ccccc2[C@@H]2CN1C(=O)N2O. The second-order valence-corrected chi connectivity index (χ2v) is 4.23. The van der Waals surface area contributed by atoms with Gasteiger partial charge < -0.3 is 10.6 Å². The Morgan fingerprint density at radius 2 is 2.00 bits per heavy atom. The van der Waals surface area contributed by atoms with Crippen molar-refractivity contribution in [2.75, 3.05) is 6.54 Å². The highest BCUT2D eigenvalue weighted by Gasteiger charge is 2.49. The number of nitrogens with zero attached hydrogens (tertiary/aromatic N) is 2. The van der Waals surface area contributed by atoms with Gasteiger partial charge in [-0.3, -0.25) is 10.0 Å². The first-order valence-electron chi connectivity index (χ1n) is 5.28. The number of hydroxylamine groups is 2. The van der Waals surface area contributed by atoms with Crippen molar-refractivity contribution in [3.05, 3.63) is 35.4 Å². The van der Waals surface area contributed by atoms with E-state index < -0.39 is 24.0 Å². The molecular formula is C11H11N3O3. The number of carbonyl (C=O) groups excluding carboxylic acids is 2. The van der Waals surface area contributed by atoms with Gasteiger partial charge in [-0.15, -0.1) is 0 Å². The van der Waals surface area contributed by atoms with Gasteiger partial charge in [-0.1, -0.05) is 24.3 Å². The number of urea groups is 1. The van der Waals surface area contributed by atoms with E-state index in [0.717, 1.165) is 5.56 Å². The molecular weight excluding hydrogens is 222 g/mol. The second kappa shape index (κ2) is 3.21. The fourth-order valence-corrected chi connectivity index (χ4v) is 2.59. The molecule has 1 unspecified atom stereocenters. The highest BCUT2D eigenvalue weighted by molar-refractivity contribution is 5.89. The van der Waals surface area contributed by atoms with Gasteiger partial charge >= 0.3 is 6.03 Å². The van der Waals surface area contributed by atoms with E-state index in [9.17, 15) is 14.8 Å². The lowest BCUT2D eigenvalue weighted by molar-refractivity contribution is -0.122. The predicted octanol–water partition coefficient (Wildman–Crippen LogP) is 0.395. The summed E-state index contributed by atoms with van der Waals surface area (Å²) in [4.78, 5) is 24.6. The Hall–Kier alpha value is -2.08. The summed E-state index contributed by atoms with van der Waals surface area (Å²) in [7, 11) is 0. The van der Waals surface area contributed by atoms with Crippen molar-refractivity contribution in [3.8, 4) is 0 Å². The molecule has 6 nitrogen and oxygen atoms in total. The average Bonchev–Trinajstić information content (AvgIpc) is 2.56. The van der Waals surface area contributed by atoms with Crippen LogP contribution in [0, 0.1) is 0 Å². The fourth-order valence-electron chi connectivity index (χ4n) is 2.59. The van der Waals surface area contributed by atoms with E-state index in [1.165, 1.54) is 4.90 Å². The van der Waals surface area contributed by atoms with Gasteiger partial charge in [0.2, 0.25) is 5.91 Å². The monoisotopic (exact) mass is 233 g/mol. The number of rotatable bonds is 1. The van der Waals surface area contributed by atoms with Crippen LogP contribution >= 0.6 is 0 Å². The molecule has 0 saturated carbocycles. The third-order valence-corrected chi connectivity index (χ3v) is 3.34. The Balaban J connectivity index is 2.21. The van der Waals surface area contributed by atoms with Crippen molar-refractivity contribution in [1.82, 2.24) is 9.96 Å². The maximum atomic E-state index is 11.8. The van der Waals surface area contributed by atoms with Crippen LogP contribution in [0.3, 0.4) is 0 Å². The van der Waals surface area contributed by atoms with Crippen LogP contribution in [-0.2, 0) is 4.79 Å². The third kappa shape index (κ3) is 1.18. The normalized spacial score (nSPS) is 26.1. The summed E-state index contributed by atoms with van der Waals surface area (Å²) >= 11 is 0. The highest BCUT2D eigenvalue weighted by atomic mass is 16.5. The number of hydrogen-bond acceptors (Lipinski definition) is 3. The van der Waals surface area contributed by atoms with Crippen LogP contribution in [0.15, 0.2) is 24.3 Å². The van der Waals surface area contributed by atoms with E-state index in [1.54, 1.807) is 18.2 Å². The smallest absolute Gasteiger partial charge is 0.345 e. The second-order valence-electron chi connectivity index (χ2n) is 4.23. The van der Waals surface area contributed by atoms with Crippen LogP contribution in [0.5, 0.6) is 0 Å². The molecule has 0 aliphatic carbocycles. The molecule has 0 aromatic heterocycles. The van der Waals surface area contributed by atoms with E-state index in [4.69, 9.17) is 5.73 Å². The van der Waals surface area contributed by atoms with Crippen molar-refractivity contribution in [2.24, 2.45) is 5.73 Å². The molecule has 17 heavy (non-hydrogen) atoms. The number of carbonyl (C=O) groups is 2. The van der Waals surface area contributed by atoms with Crippen molar-refractivity contribution in [3.63, 3.8) is 0 Å². The first kappa shape index (κ1) is 10.1. The standard InChI is InChI=1S/C11H11N3O3/c12-10(15)9-7-4-2-1-3-6(7)8-5-13(9)11(16)14(8)17/h1-4,8-9,17H,5H2,(H2,12,15)/t8-,9?/m0/s1. The number of amides is 3. The number of fused-ring (bicyclic) bond motifs is 4. The molecule has 1 aromatic carbocycles. The number of nitrogens with two attached hydrogens (primary N) is 1. The molecule has 2 aliphatic rings. The van der Waals surface area contributed by atoms with Crippen LogP contribution in [0.25, 0.3) is 0 Å². The molecule has 2 atom stereocenters. The first-order valence-corrected chi connectivity index (χ1v) is 5.28. The fraction of sp³-hybridized carbons (Fsp3) is 0.273. The van der Waals surface area contributed by atoms with E-state index in [1.807, 2.05) is 6.07 Å². The summed E-state index contributed by atoms with van der Waals surface area (Å²) in [5.74, 6) is -0.584. The zero-order chi connectivity index (χ0) is 12.2. The topological polar surface area (TPSA) is 86.9 Å². The van der Waals surface area contributed by atoms with Gasteiger partial charge in [0.1, 0.15) is 12.1 Å². The summed E-state index contributed by atoms with van der Waals surface area (Å²) in [6.07, 6.45) is 0. The molecule has 2 heterocycles. The molecule has 0 radical (unpaired) electrons. The Kier molecular flexibility index (Phi) is 1.90. The summed E-state index contributed by atoms with van der Waals surface area (Å²) < 4.78 is 0. The predicted molar refractivity (Wildman–Crippen MR) is 56.8 cm³/mol. The van der Waals surface area contributed by atoms with Crippen molar-refractivity contribution in [2.45, 2.75) is 12.1 Å². The Labute approximate surface area is 97.2 Å². The molecule has 1 aromatic rings. The zero-order valence-corrected chi connectivity index (χ0v) is 8.91. The minimum absolute atomic E-state index is 0.292. The molecule has 3 rings (SSSR count). The van der Waals surface area contributed by atoms with E-state index in [-0.39, 0.29) is 0 Å². The maximum Gasteiger partial charge on any atom is 0.345 e. The van der Waals surface area contributed by atoms with Crippen molar-refractivity contribution < 1.29 is 14.8 Å². The largest absolute Gasteiger partial charge is 0.368 e. The molecule has 1 saturated heterocycles. The Morgan fingerprint density at radius 1 is 1.35 bits per heavy atom. The van der Waals surface area contributed by atoms with Gasteiger partial charge in [0.15, 0.2) is 0 Å². The van der Waals surface area contributed by atoms with E-state index in [2.05, 4.69) is 0 Å². The number of benzene rings is 1. The van der Waals surface area contributed by atoms with Gasteiger partial charge in [-0.05, 0) is 11.1 Å². The first-order chi connectivity index (χ1) is 8.11. The lowest BCUT2D eigenvalue weighted by Gasteiger charge is -2.30. The lowest BCUT2D eigenvalue weighted by atomic mass is 9.91. The van der Waals surface area contributed by atoms with Crippen LogP contribution in [0.1, 0.15) is 23.2 Å². The quantitative estimate of drug-likeness (QED) is 0.688. The molecule has 2 bridgehead atoms. The lowest BCUT2D eigenvalue weighted by Crippen LogP contribution is -2.41. The van der Waals surface area contributed by atoms with Crippen LogP contribution < -0.4 is 5.73 Å². The Bertz CT molecular complexity index is 516. The molecule has 88 valence electrons. The number of primary amides is 1.